The van der Waals surface area contributed by atoms with Crippen LogP contribution in [0, 0.1) is 18.3 Å². The molecule has 0 saturated heterocycles. The third-order valence-corrected chi connectivity index (χ3v) is 2.27. The molecule has 0 N–H and O–H groups in total. The lowest BCUT2D eigenvalue weighted by atomic mass is 10.1. The molecule has 0 aliphatic rings. The van der Waals surface area contributed by atoms with Crippen LogP contribution in [-0.2, 0) is 0 Å². The van der Waals surface area contributed by atoms with Gasteiger partial charge in [-0.1, -0.05) is 41.4 Å². The molecule has 0 aliphatic heterocycles. The van der Waals surface area contributed by atoms with E-state index in [0.29, 0.717) is 10.6 Å². The van der Waals surface area contributed by atoms with Crippen LogP contribution >= 0.6 is 11.6 Å². The summed E-state index contributed by atoms with van der Waals surface area (Å²) in [6, 6.07) is 9.81. The van der Waals surface area contributed by atoms with Gasteiger partial charge in [-0.05, 0) is 19.4 Å². The summed E-state index contributed by atoms with van der Waals surface area (Å²) in [6.07, 6.45) is 0. The van der Waals surface area contributed by atoms with Gasteiger partial charge in [-0.15, -0.1) is 0 Å². The summed E-state index contributed by atoms with van der Waals surface area (Å²) in [5.41, 5.74) is 2.59. The molecule has 0 atom stereocenters. The first-order valence-corrected chi connectivity index (χ1v) is 4.36. The first-order valence-electron chi connectivity index (χ1n) is 3.98. The van der Waals surface area contributed by atoms with E-state index in [4.69, 9.17) is 16.9 Å². The summed E-state index contributed by atoms with van der Waals surface area (Å²) in [7, 11) is 0. The summed E-state index contributed by atoms with van der Waals surface area (Å²) < 4.78 is 0. The number of benzene rings is 1. The fraction of sp³-hybridized carbons (Fsp3) is 0.182. The van der Waals surface area contributed by atoms with Crippen LogP contribution in [0.4, 0.5) is 0 Å². The average molecular weight is 192 g/mol. The van der Waals surface area contributed by atoms with Crippen LogP contribution < -0.4 is 0 Å². The van der Waals surface area contributed by atoms with Gasteiger partial charge in [0.1, 0.15) is 0 Å². The number of allylic oxidation sites excluding steroid dienone is 1. The van der Waals surface area contributed by atoms with Crippen LogP contribution in [0.5, 0.6) is 0 Å². The fourth-order valence-electron chi connectivity index (χ4n) is 1.05. The summed E-state index contributed by atoms with van der Waals surface area (Å²) in [5, 5.41) is 9.18. The maximum Gasteiger partial charge on any atom is 0.0959 e. The summed E-state index contributed by atoms with van der Waals surface area (Å²) >= 11 is 5.99. The van der Waals surface area contributed by atoms with Crippen molar-refractivity contribution in [2.75, 3.05) is 0 Å². The maximum absolute atomic E-state index is 8.64. The Morgan fingerprint density at radius 2 is 2.15 bits per heavy atom. The van der Waals surface area contributed by atoms with E-state index in [9.17, 15) is 0 Å². The Kier molecular flexibility index (Phi) is 3.11. The molecule has 2 heteroatoms. The van der Waals surface area contributed by atoms with Gasteiger partial charge in [0.25, 0.3) is 0 Å². The van der Waals surface area contributed by atoms with Crippen molar-refractivity contribution in [3.63, 3.8) is 0 Å². The molecular weight excluding hydrogens is 182 g/mol. The number of hydrogen-bond acceptors (Lipinski definition) is 1. The lowest BCUT2D eigenvalue weighted by Gasteiger charge is -2.00. The Balaban J connectivity index is 3.18. The number of halogens is 1. The lowest BCUT2D eigenvalue weighted by molar-refractivity contribution is 1.43. The number of nitrogens with zero attached hydrogens (tertiary/aromatic N) is 1. The molecule has 66 valence electrons. The molecule has 0 amide bonds. The van der Waals surface area contributed by atoms with Crippen LogP contribution in [0.3, 0.4) is 0 Å². The van der Waals surface area contributed by atoms with Crippen molar-refractivity contribution in [3.8, 4) is 6.07 Å². The second kappa shape index (κ2) is 4.11. The predicted octanol–water partition coefficient (Wildman–Crippen LogP) is 3.49. The third-order valence-electron chi connectivity index (χ3n) is 1.77. The molecule has 13 heavy (non-hydrogen) atoms. The molecule has 0 bridgehead atoms. The highest BCUT2D eigenvalue weighted by Gasteiger charge is 2.01. The quantitative estimate of drug-likeness (QED) is 0.624. The van der Waals surface area contributed by atoms with Crippen LogP contribution in [0.15, 0.2) is 29.8 Å². The Hall–Kier alpha value is -1.26. The van der Waals surface area contributed by atoms with E-state index in [1.54, 1.807) is 6.92 Å². The van der Waals surface area contributed by atoms with Gasteiger partial charge in [0.15, 0.2) is 0 Å². The number of hydrogen-bond donors (Lipinski definition) is 0. The minimum atomic E-state index is 0.534. The maximum atomic E-state index is 8.64. The van der Waals surface area contributed by atoms with Crippen molar-refractivity contribution in [1.29, 1.82) is 5.26 Å². The van der Waals surface area contributed by atoms with E-state index >= 15 is 0 Å². The molecule has 0 spiro atoms. The van der Waals surface area contributed by atoms with Gasteiger partial charge in [-0.3, -0.25) is 0 Å². The van der Waals surface area contributed by atoms with Gasteiger partial charge in [0.05, 0.1) is 11.1 Å². The van der Waals surface area contributed by atoms with Gasteiger partial charge in [0.2, 0.25) is 0 Å². The molecule has 1 aromatic rings. The van der Waals surface area contributed by atoms with Gasteiger partial charge in [0, 0.05) is 5.57 Å². The number of rotatable bonds is 1. The second-order valence-corrected chi connectivity index (χ2v) is 3.30. The second-order valence-electron chi connectivity index (χ2n) is 2.92. The highest BCUT2D eigenvalue weighted by molar-refractivity contribution is 6.49. The first kappa shape index (κ1) is 9.83. The molecule has 1 nitrogen and oxygen atoms in total. The van der Waals surface area contributed by atoms with Crippen LogP contribution in [0.2, 0.25) is 0 Å². The van der Waals surface area contributed by atoms with Crippen molar-refractivity contribution in [2.45, 2.75) is 13.8 Å². The van der Waals surface area contributed by atoms with E-state index < -0.39 is 0 Å². The summed E-state index contributed by atoms with van der Waals surface area (Å²) in [5.74, 6) is 0. The summed E-state index contributed by atoms with van der Waals surface area (Å²) in [6.45, 7) is 3.71. The molecular formula is C11H10ClN. The van der Waals surface area contributed by atoms with Gasteiger partial charge in [-0.25, -0.2) is 0 Å². The molecule has 0 radical (unpaired) electrons. The van der Waals surface area contributed by atoms with Gasteiger partial charge < -0.3 is 0 Å². The molecule has 0 saturated carbocycles. The minimum Gasteiger partial charge on any atom is -0.193 e. The SMILES string of the molecule is CC(C#N)=C(Cl)c1cccc(C)c1. The molecule has 0 aromatic heterocycles. The highest BCUT2D eigenvalue weighted by atomic mass is 35.5. The van der Waals surface area contributed by atoms with E-state index in [-0.39, 0.29) is 0 Å². The Labute approximate surface area is 83.3 Å². The normalized spacial score (nSPS) is 11.8. The van der Waals surface area contributed by atoms with Crippen molar-refractivity contribution >= 4 is 16.6 Å². The van der Waals surface area contributed by atoms with E-state index in [2.05, 4.69) is 0 Å². The number of nitriles is 1. The monoisotopic (exact) mass is 191 g/mol. The molecule has 0 unspecified atom stereocenters. The van der Waals surface area contributed by atoms with Gasteiger partial charge >= 0.3 is 0 Å². The zero-order valence-corrected chi connectivity index (χ0v) is 8.39. The largest absolute Gasteiger partial charge is 0.193 e. The van der Waals surface area contributed by atoms with Crippen molar-refractivity contribution in [3.05, 3.63) is 41.0 Å². The predicted molar refractivity (Wildman–Crippen MR) is 55.2 cm³/mol. The van der Waals surface area contributed by atoms with Crippen LogP contribution in [0.1, 0.15) is 18.1 Å². The lowest BCUT2D eigenvalue weighted by Crippen LogP contribution is -1.81. The Bertz CT molecular complexity index is 385. The van der Waals surface area contributed by atoms with Crippen LogP contribution in [-0.4, -0.2) is 0 Å². The van der Waals surface area contributed by atoms with Gasteiger partial charge in [-0.2, -0.15) is 5.26 Å². The molecule has 0 aliphatic carbocycles. The summed E-state index contributed by atoms with van der Waals surface area (Å²) in [4.78, 5) is 0. The Morgan fingerprint density at radius 3 is 2.69 bits per heavy atom. The first-order chi connectivity index (χ1) is 6.15. The minimum absolute atomic E-state index is 0.534. The third kappa shape index (κ3) is 2.34. The van der Waals surface area contributed by atoms with E-state index in [1.165, 1.54) is 0 Å². The average Bonchev–Trinajstić information content (AvgIpc) is 2.15. The van der Waals surface area contributed by atoms with Crippen molar-refractivity contribution < 1.29 is 0 Å². The molecule has 0 heterocycles. The number of aryl methyl sites for hydroxylation is 1. The van der Waals surface area contributed by atoms with E-state index in [1.807, 2.05) is 37.3 Å². The van der Waals surface area contributed by atoms with Crippen molar-refractivity contribution in [1.82, 2.24) is 0 Å². The molecule has 0 fully saturated rings. The topological polar surface area (TPSA) is 23.8 Å². The van der Waals surface area contributed by atoms with E-state index in [0.717, 1.165) is 11.1 Å². The zero-order valence-electron chi connectivity index (χ0n) is 7.63. The molecule has 1 aromatic carbocycles. The van der Waals surface area contributed by atoms with Crippen molar-refractivity contribution in [2.24, 2.45) is 0 Å². The smallest absolute Gasteiger partial charge is 0.0959 e. The fourth-order valence-corrected chi connectivity index (χ4v) is 1.21. The zero-order chi connectivity index (χ0) is 9.84. The van der Waals surface area contributed by atoms with Crippen LogP contribution in [0.25, 0.3) is 5.03 Å². The standard InChI is InChI=1S/C11H10ClN/c1-8-4-3-5-10(6-8)11(12)9(2)7-13/h3-6H,1-2H3. The molecule has 1 rings (SSSR count). The Morgan fingerprint density at radius 1 is 1.46 bits per heavy atom. The highest BCUT2D eigenvalue weighted by Crippen LogP contribution is 2.23.